The highest BCUT2D eigenvalue weighted by atomic mass is 35.7. The van der Waals surface area contributed by atoms with Crippen LogP contribution in [0.5, 0.6) is 0 Å². The largest absolute Gasteiger partial charge is 0.457 e. The van der Waals surface area contributed by atoms with Crippen LogP contribution in [0.4, 0.5) is 0 Å². The maximum Gasteiger partial charge on any atom is 0.361 e. The summed E-state index contributed by atoms with van der Waals surface area (Å²) < 4.78 is 46.5. The minimum atomic E-state index is -4.94. The first kappa shape index (κ1) is 31.0. The molecule has 7 heteroatoms. The van der Waals surface area contributed by atoms with E-state index in [4.69, 9.17) is 27.8 Å². The summed E-state index contributed by atoms with van der Waals surface area (Å²) in [4.78, 5) is 0. The van der Waals surface area contributed by atoms with Gasteiger partial charge in [-0.2, -0.15) is 0 Å². The topological polar surface area (TPSA) is 113 Å². The third-order valence-electron chi connectivity index (χ3n) is 5.99. The van der Waals surface area contributed by atoms with Crippen molar-refractivity contribution in [3.8, 4) is 11.3 Å². The van der Waals surface area contributed by atoms with Crippen LogP contribution in [-0.4, -0.2) is 0 Å². The molecule has 0 atom stereocenters. The van der Waals surface area contributed by atoms with Gasteiger partial charge in [-0.15, -0.1) is 10.2 Å². The lowest BCUT2D eigenvalue weighted by Gasteiger charge is -2.26. The number of hydrogen-bond acceptors (Lipinski definition) is 5. The van der Waals surface area contributed by atoms with E-state index in [9.17, 15) is 0 Å². The zero-order valence-corrected chi connectivity index (χ0v) is 24.4. The standard InChI is InChI=1S/C33H35O2.ClHO4/c1-32(2,3)26-20-28(34-30(22-26)24-14-9-7-10-15-24)18-13-19-29-21-27(33(4,5)6)23-31(35-29)25-16-11-8-12-17-25;2-1(3,4)5/h7-23H,1-6H3;(H,2,3,4,5)/q+1;/p-1. The molecule has 4 rings (SSSR count). The second-order valence-electron chi connectivity index (χ2n) is 11.4. The first-order valence-electron chi connectivity index (χ1n) is 12.8. The van der Waals surface area contributed by atoms with Gasteiger partial charge in [-0.1, -0.05) is 90.1 Å². The van der Waals surface area contributed by atoms with Crippen molar-refractivity contribution in [3.63, 3.8) is 0 Å². The Morgan fingerprint density at radius 3 is 1.80 bits per heavy atom. The Bertz CT molecular complexity index is 1400. The fourth-order valence-corrected chi connectivity index (χ4v) is 3.80. The number of benzene rings is 2. The van der Waals surface area contributed by atoms with E-state index in [-0.39, 0.29) is 10.8 Å². The molecular weight excluding hydrogens is 528 g/mol. The molecule has 0 N–H and O–H groups in total. The van der Waals surface area contributed by atoms with E-state index < -0.39 is 10.2 Å². The van der Waals surface area contributed by atoms with Crippen molar-refractivity contribution in [2.24, 2.45) is 5.41 Å². The van der Waals surface area contributed by atoms with Crippen molar-refractivity contribution in [3.05, 3.63) is 125 Å². The second kappa shape index (κ2) is 12.8. The molecule has 40 heavy (non-hydrogen) atoms. The summed E-state index contributed by atoms with van der Waals surface area (Å²) in [6.07, 6.45) is 10.3. The molecule has 0 amide bonds. The van der Waals surface area contributed by atoms with Gasteiger partial charge < -0.3 is 4.74 Å². The average molecular weight is 563 g/mol. The summed E-state index contributed by atoms with van der Waals surface area (Å²) in [5.41, 5.74) is 4.61. The van der Waals surface area contributed by atoms with Crippen LogP contribution in [0.25, 0.3) is 23.2 Å². The maximum atomic E-state index is 8.49. The van der Waals surface area contributed by atoms with Gasteiger partial charge in [0.2, 0.25) is 0 Å². The van der Waals surface area contributed by atoms with E-state index in [1.807, 2.05) is 54.6 Å². The molecular formula is C33H35ClO6. The molecule has 0 saturated carbocycles. The molecule has 0 radical (unpaired) electrons. The second-order valence-corrected chi connectivity index (χ2v) is 12.1. The lowest BCUT2D eigenvalue weighted by molar-refractivity contribution is -2.00. The van der Waals surface area contributed by atoms with Crippen molar-refractivity contribution < 1.29 is 38.0 Å². The molecule has 2 heterocycles. The van der Waals surface area contributed by atoms with Gasteiger partial charge in [0, 0.05) is 23.8 Å². The highest BCUT2D eigenvalue weighted by molar-refractivity contribution is 5.67. The Labute approximate surface area is 238 Å². The van der Waals surface area contributed by atoms with Crippen molar-refractivity contribution >= 4 is 11.8 Å². The number of hydrogen-bond donors (Lipinski definition) is 0. The molecule has 0 fully saturated rings. The van der Waals surface area contributed by atoms with Crippen molar-refractivity contribution in [1.82, 2.24) is 0 Å². The molecule has 2 aromatic carbocycles. The Morgan fingerprint density at radius 1 is 0.725 bits per heavy atom. The van der Waals surface area contributed by atoms with E-state index in [1.54, 1.807) is 0 Å². The Kier molecular flexibility index (Phi) is 9.90. The van der Waals surface area contributed by atoms with Crippen LogP contribution in [0.15, 0.2) is 113 Å². The fourth-order valence-electron chi connectivity index (χ4n) is 3.80. The highest BCUT2D eigenvalue weighted by Gasteiger charge is 2.24. The van der Waals surface area contributed by atoms with Gasteiger partial charge >= 0.3 is 11.5 Å². The molecule has 6 nitrogen and oxygen atoms in total. The van der Waals surface area contributed by atoms with Gasteiger partial charge in [-0.3, -0.25) is 0 Å². The highest BCUT2D eigenvalue weighted by Crippen LogP contribution is 2.36. The van der Waals surface area contributed by atoms with Crippen molar-refractivity contribution in [2.75, 3.05) is 0 Å². The first-order chi connectivity index (χ1) is 18.6. The SMILES string of the molecule is CC(C)(C)C1=C/C(=C\C=C\c2cc(C(C)(C)C)cc(-c3ccccc3)[o+]2)OC(c2ccccc2)=C1.[O-][Cl+3]([O-])([O-])[O-]. The van der Waals surface area contributed by atoms with Gasteiger partial charge in [-0.25, -0.2) is 23.1 Å². The predicted octanol–water partition coefficient (Wildman–Crippen LogP) is 4.71. The van der Waals surface area contributed by atoms with Crippen molar-refractivity contribution in [1.29, 1.82) is 0 Å². The van der Waals surface area contributed by atoms with E-state index in [0.717, 1.165) is 34.2 Å². The summed E-state index contributed by atoms with van der Waals surface area (Å²) in [5.74, 6) is 3.34. The van der Waals surface area contributed by atoms with Crippen LogP contribution in [0.3, 0.4) is 0 Å². The zero-order chi connectivity index (χ0) is 29.6. The van der Waals surface area contributed by atoms with E-state index >= 15 is 0 Å². The third kappa shape index (κ3) is 9.90. The van der Waals surface area contributed by atoms with Gasteiger partial charge in [0.1, 0.15) is 11.5 Å². The molecule has 1 aliphatic rings. The summed E-state index contributed by atoms with van der Waals surface area (Å²) in [6, 6.07) is 24.7. The average Bonchev–Trinajstić information content (AvgIpc) is 2.87. The third-order valence-corrected chi connectivity index (χ3v) is 5.99. The number of rotatable bonds is 4. The quantitative estimate of drug-likeness (QED) is 0.426. The van der Waals surface area contributed by atoms with Gasteiger partial charge in [0.25, 0.3) is 0 Å². The first-order valence-corrected chi connectivity index (χ1v) is 14.0. The molecule has 0 bridgehead atoms. The molecule has 1 aliphatic heterocycles. The molecule has 0 saturated heterocycles. The summed E-state index contributed by atoms with van der Waals surface area (Å²) in [7, 11) is -4.94. The van der Waals surface area contributed by atoms with Crippen LogP contribution in [0.1, 0.15) is 58.4 Å². The number of allylic oxidation sites excluding steroid dienone is 5. The molecule has 0 spiro atoms. The summed E-state index contributed by atoms with van der Waals surface area (Å²) in [6.45, 7) is 13.3. The lowest BCUT2D eigenvalue weighted by atomic mass is 9.84. The number of halogens is 1. The summed E-state index contributed by atoms with van der Waals surface area (Å²) in [5, 5.41) is 0. The monoisotopic (exact) mass is 562 g/mol. The normalized spacial score (nSPS) is 15.2. The van der Waals surface area contributed by atoms with Crippen LogP contribution in [0, 0.1) is 15.7 Å². The minimum absolute atomic E-state index is 0.00751. The summed E-state index contributed by atoms with van der Waals surface area (Å²) >= 11 is 0. The van der Waals surface area contributed by atoms with E-state index in [2.05, 4.69) is 90.1 Å². The van der Waals surface area contributed by atoms with E-state index in [0.29, 0.717) is 0 Å². The zero-order valence-electron chi connectivity index (χ0n) is 23.6. The smallest absolute Gasteiger partial charge is 0.361 e. The molecule has 210 valence electrons. The lowest BCUT2D eigenvalue weighted by Crippen LogP contribution is -2.68. The van der Waals surface area contributed by atoms with Crippen LogP contribution >= 0.6 is 0 Å². The van der Waals surface area contributed by atoms with Crippen LogP contribution in [-0.2, 0) is 10.2 Å². The predicted molar refractivity (Wildman–Crippen MR) is 147 cm³/mol. The Balaban J connectivity index is 0.000000810. The van der Waals surface area contributed by atoms with Gasteiger partial charge in [0.15, 0.2) is 0 Å². The number of ether oxygens (including phenoxy) is 1. The Hall–Kier alpha value is -3.52. The van der Waals surface area contributed by atoms with Crippen molar-refractivity contribution in [2.45, 2.75) is 47.0 Å². The minimum Gasteiger partial charge on any atom is -0.457 e. The van der Waals surface area contributed by atoms with Gasteiger partial charge in [-0.05, 0) is 58.4 Å². The van der Waals surface area contributed by atoms with Crippen LogP contribution in [0.2, 0.25) is 0 Å². The Morgan fingerprint density at radius 2 is 1.27 bits per heavy atom. The molecule has 1 aromatic heterocycles. The fraction of sp³-hybridized carbons (Fsp3) is 0.242. The molecule has 0 aliphatic carbocycles. The van der Waals surface area contributed by atoms with Gasteiger partial charge in [0.05, 0.1) is 5.56 Å². The van der Waals surface area contributed by atoms with Crippen LogP contribution < -0.4 is 18.6 Å². The molecule has 3 aromatic rings. The molecule has 0 unspecified atom stereocenters. The van der Waals surface area contributed by atoms with E-state index in [1.165, 1.54) is 11.1 Å². The maximum absolute atomic E-state index is 8.49.